The number of ether oxygens (including phenoxy) is 2. The fourth-order valence-electron chi connectivity index (χ4n) is 3.63. The van der Waals surface area contributed by atoms with Crippen LogP contribution in [-0.4, -0.2) is 25.7 Å². The van der Waals surface area contributed by atoms with Gasteiger partial charge in [0, 0.05) is 17.8 Å². The molecule has 0 N–H and O–H groups in total. The highest BCUT2D eigenvalue weighted by Crippen LogP contribution is 2.43. The number of benzene rings is 2. The van der Waals surface area contributed by atoms with Gasteiger partial charge in [-0.05, 0) is 55.8 Å². The van der Waals surface area contributed by atoms with E-state index in [1.165, 1.54) is 0 Å². The van der Waals surface area contributed by atoms with E-state index in [0.717, 1.165) is 16.9 Å². The van der Waals surface area contributed by atoms with Crippen LogP contribution in [0.5, 0.6) is 5.75 Å². The molecular weight excluding hydrogens is 366 g/mol. The molecule has 0 radical (unpaired) electrons. The van der Waals surface area contributed by atoms with Crippen molar-refractivity contribution in [3.8, 4) is 17.1 Å². The maximum absolute atomic E-state index is 12.9. The summed E-state index contributed by atoms with van der Waals surface area (Å²) in [5.74, 6) is 0.936. The second kappa shape index (κ2) is 8.27. The van der Waals surface area contributed by atoms with Crippen molar-refractivity contribution in [2.24, 2.45) is 0 Å². The molecule has 3 aromatic rings. The Kier molecular flexibility index (Phi) is 5.38. The Morgan fingerprint density at radius 1 is 1.14 bits per heavy atom. The van der Waals surface area contributed by atoms with Crippen LogP contribution in [-0.2, 0) is 4.74 Å². The zero-order valence-corrected chi connectivity index (χ0v) is 16.6. The lowest BCUT2D eigenvalue weighted by Gasteiger charge is -2.30. The van der Waals surface area contributed by atoms with Crippen molar-refractivity contribution in [2.45, 2.75) is 13.8 Å². The molecule has 148 valence electrons. The largest absolute Gasteiger partial charge is 0.487 e. The number of carbonyl (C=O) groups excluding carboxylic acids is 1. The van der Waals surface area contributed by atoms with E-state index in [-0.39, 0.29) is 5.97 Å². The van der Waals surface area contributed by atoms with Crippen molar-refractivity contribution in [1.29, 1.82) is 0 Å². The smallest absolute Gasteiger partial charge is 0.339 e. The summed E-state index contributed by atoms with van der Waals surface area (Å²) in [6.07, 6.45) is 5.66. The lowest BCUT2D eigenvalue weighted by Crippen LogP contribution is -2.22. The van der Waals surface area contributed by atoms with Gasteiger partial charge in [0.15, 0.2) is 0 Å². The monoisotopic (exact) mass is 389 g/mol. The Hall–Kier alpha value is -3.47. The molecule has 1 aliphatic heterocycles. The van der Waals surface area contributed by atoms with Gasteiger partial charge in [-0.3, -0.25) is 0 Å². The fraction of sp³-hybridized carbons (Fsp3) is 0.208. The van der Waals surface area contributed by atoms with Gasteiger partial charge in [-0.25, -0.2) is 4.79 Å². The zero-order chi connectivity index (χ0) is 20.2. The van der Waals surface area contributed by atoms with Crippen LogP contribution in [0.4, 0.5) is 11.4 Å². The lowest BCUT2D eigenvalue weighted by atomic mass is 9.96. The van der Waals surface area contributed by atoms with Crippen LogP contribution in [0.1, 0.15) is 22.8 Å². The molecule has 5 heteroatoms. The average molecular weight is 389 g/mol. The summed E-state index contributed by atoms with van der Waals surface area (Å²) in [4.78, 5) is 15.1. The summed E-state index contributed by atoms with van der Waals surface area (Å²) in [6.45, 7) is 5.17. The van der Waals surface area contributed by atoms with E-state index in [4.69, 9.17) is 13.9 Å². The van der Waals surface area contributed by atoms with E-state index in [1.54, 1.807) is 19.3 Å². The Balaban J connectivity index is 1.97. The highest BCUT2D eigenvalue weighted by atomic mass is 16.5. The van der Waals surface area contributed by atoms with Gasteiger partial charge in [0.25, 0.3) is 0 Å². The summed E-state index contributed by atoms with van der Waals surface area (Å²) >= 11 is 0. The molecule has 4 rings (SSSR count). The van der Waals surface area contributed by atoms with E-state index in [9.17, 15) is 4.79 Å². The number of hydrogen-bond acceptors (Lipinski definition) is 5. The van der Waals surface area contributed by atoms with Gasteiger partial charge >= 0.3 is 5.97 Å². The topological polar surface area (TPSA) is 51.9 Å². The number of fused-ring (bicyclic) bond motifs is 1. The summed E-state index contributed by atoms with van der Waals surface area (Å²) in [5, 5.41) is 0. The van der Waals surface area contributed by atoms with Crippen LogP contribution in [0, 0.1) is 6.92 Å². The zero-order valence-electron chi connectivity index (χ0n) is 16.6. The molecule has 1 aliphatic rings. The molecule has 29 heavy (non-hydrogen) atoms. The van der Waals surface area contributed by atoms with E-state index >= 15 is 0 Å². The number of nitrogens with zero attached hydrogens (tertiary/aromatic N) is 1. The van der Waals surface area contributed by atoms with E-state index in [2.05, 4.69) is 11.0 Å². The van der Waals surface area contributed by atoms with Gasteiger partial charge in [-0.1, -0.05) is 24.3 Å². The van der Waals surface area contributed by atoms with E-state index in [1.807, 2.05) is 55.5 Å². The van der Waals surface area contributed by atoms with Crippen LogP contribution in [0.3, 0.4) is 0 Å². The van der Waals surface area contributed by atoms with Gasteiger partial charge in [-0.2, -0.15) is 0 Å². The maximum Gasteiger partial charge on any atom is 0.339 e. The van der Waals surface area contributed by atoms with Gasteiger partial charge in [0.1, 0.15) is 18.1 Å². The van der Waals surface area contributed by atoms with Crippen LogP contribution >= 0.6 is 0 Å². The third-order valence-electron chi connectivity index (χ3n) is 4.90. The molecule has 0 saturated carbocycles. The molecule has 0 atom stereocenters. The van der Waals surface area contributed by atoms with Gasteiger partial charge < -0.3 is 18.8 Å². The first-order chi connectivity index (χ1) is 14.2. The number of carbonyl (C=O) groups is 1. The van der Waals surface area contributed by atoms with Crippen LogP contribution < -0.4 is 9.64 Å². The first-order valence-electron chi connectivity index (χ1n) is 9.69. The van der Waals surface area contributed by atoms with Crippen molar-refractivity contribution in [3.63, 3.8) is 0 Å². The minimum absolute atomic E-state index is 0.300. The van der Waals surface area contributed by atoms with Gasteiger partial charge in [0.2, 0.25) is 0 Å². The number of hydrogen-bond donors (Lipinski definition) is 0. The van der Waals surface area contributed by atoms with Crippen molar-refractivity contribution < 1.29 is 18.7 Å². The van der Waals surface area contributed by atoms with Crippen molar-refractivity contribution in [1.82, 2.24) is 0 Å². The molecule has 0 fully saturated rings. The quantitative estimate of drug-likeness (QED) is 0.434. The molecule has 0 saturated heterocycles. The van der Waals surface area contributed by atoms with Crippen molar-refractivity contribution >= 4 is 17.3 Å². The Bertz CT molecular complexity index is 1020. The summed E-state index contributed by atoms with van der Waals surface area (Å²) < 4.78 is 17.1. The first-order valence-corrected chi connectivity index (χ1v) is 9.69. The van der Waals surface area contributed by atoms with Crippen molar-refractivity contribution in [2.75, 3.05) is 24.7 Å². The fourth-order valence-corrected chi connectivity index (χ4v) is 3.63. The molecule has 2 aromatic carbocycles. The Morgan fingerprint density at radius 3 is 2.69 bits per heavy atom. The van der Waals surface area contributed by atoms with E-state index in [0.29, 0.717) is 42.4 Å². The number of anilines is 2. The molecule has 0 unspecified atom stereocenters. The van der Waals surface area contributed by atoms with Gasteiger partial charge in [-0.15, -0.1) is 0 Å². The SMILES string of the molecule is CCOC(=O)c1c(-c2ccco2)cc2c(c1C)N(c1ccccc1)C/C=C\CO2. The summed E-state index contributed by atoms with van der Waals surface area (Å²) in [7, 11) is 0. The van der Waals surface area contributed by atoms with Crippen LogP contribution in [0.2, 0.25) is 0 Å². The van der Waals surface area contributed by atoms with Gasteiger partial charge in [0.05, 0.1) is 24.1 Å². The van der Waals surface area contributed by atoms with Crippen LogP contribution in [0.25, 0.3) is 11.3 Å². The third kappa shape index (κ3) is 3.63. The molecular formula is C24H23NO4. The molecule has 2 heterocycles. The number of rotatable bonds is 4. The molecule has 0 bridgehead atoms. The minimum Gasteiger partial charge on any atom is -0.487 e. The van der Waals surface area contributed by atoms with Crippen LogP contribution in [0.15, 0.2) is 71.4 Å². The Morgan fingerprint density at radius 2 is 1.97 bits per heavy atom. The second-order valence-electron chi connectivity index (χ2n) is 6.70. The standard InChI is InChI=1S/C24H23NO4/c1-3-27-24(26)22-17(2)23-21(16-19(22)20-12-9-15-28-20)29-14-8-7-13-25(23)18-10-5-4-6-11-18/h4-12,15-16H,3,13-14H2,1-2H3/b8-7-. The number of para-hydroxylation sites is 1. The number of furan rings is 1. The molecule has 0 aliphatic carbocycles. The van der Waals surface area contributed by atoms with Crippen molar-refractivity contribution in [3.05, 3.63) is 78.1 Å². The number of esters is 1. The highest BCUT2D eigenvalue weighted by Gasteiger charge is 2.27. The summed E-state index contributed by atoms with van der Waals surface area (Å²) in [6, 6.07) is 15.6. The molecule has 0 spiro atoms. The first kappa shape index (κ1) is 18.9. The predicted octanol–water partition coefficient (Wildman–Crippen LogP) is 5.52. The molecule has 5 nitrogen and oxygen atoms in total. The maximum atomic E-state index is 12.9. The van der Waals surface area contributed by atoms with E-state index < -0.39 is 0 Å². The predicted molar refractivity (Wildman–Crippen MR) is 113 cm³/mol. The molecule has 0 amide bonds. The third-order valence-corrected chi connectivity index (χ3v) is 4.90. The minimum atomic E-state index is -0.371. The Labute approximate surface area is 170 Å². The summed E-state index contributed by atoms with van der Waals surface area (Å²) in [5.41, 5.74) is 3.84. The molecule has 1 aromatic heterocycles. The normalized spacial score (nSPS) is 14.3. The second-order valence-corrected chi connectivity index (χ2v) is 6.70. The average Bonchev–Trinajstić information content (AvgIpc) is 3.24. The highest BCUT2D eigenvalue weighted by molar-refractivity contribution is 6.01. The lowest BCUT2D eigenvalue weighted by molar-refractivity contribution is 0.0526.